The Labute approximate surface area is 136 Å². The van der Waals surface area contributed by atoms with Crippen LogP contribution in [0.15, 0.2) is 4.99 Å². The van der Waals surface area contributed by atoms with Crippen molar-refractivity contribution in [2.24, 2.45) is 16.8 Å². The summed E-state index contributed by atoms with van der Waals surface area (Å²) in [5, 5.41) is 6.54. The summed E-state index contributed by atoms with van der Waals surface area (Å²) in [4.78, 5) is 4.19. The number of guanidine groups is 1. The van der Waals surface area contributed by atoms with Gasteiger partial charge in [0.25, 0.3) is 0 Å². The number of aliphatic imine (C=N–C) groups is 1. The highest BCUT2D eigenvalue weighted by Gasteiger charge is 2.27. The summed E-state index contributed by atoms with van der Waals surface area (Å²) in [6.45, 7) is 6.15. The van der Waals surface area contributed by atoms with Crippen molar-refractivity contribution in [2.45, 2.75) is 52.4 Å². The first-order valence-electron chi connectivity index (χ1n) is 8.58. The normalized spacial score (nSPS) is 21.3. The molecule has 0 aromatic carbocycles. The maximum atomic E-state index is 11.4. The van der Waals surface area contributed by atoms with Crippen LogP contribution in [0.3, 0.4) is 0 Å². The molecule has 1 fully saturated rings. The summed E-state index contributed by atoms with van der Waals surface area (Å²) in [6.07, 6.45) is 7.10. The van der Waals surface area contributed by atoms with Crippen LogP contribution < -0.4 is 10.6 Å². The van der Waals surface area contributed by atoms with Crippen LogP contribution in [0, 0.1) is 11.8 Å². The number of hydrogen-bond acceptors (Lipinski definition) is 3. The third kappa shape index (κ3) is 8.61. The topological polar surface area (TPSA) is 70.6 Å². The van der Waals surface area contributed by atoms with Crippen molar-refractivity contribution in [3.8, 4) is 0 Å². The largest absolute Gasteiger partial charge is 0.356 e. The van der Waals surface area contributed by atoms with E-state index < -0.39 is 9.84 Å². The highest BCUT2D eigenvalue weighted by atomic mass is 32.2. The van der Waals surface area contributed by atoms with Crippen LogP contribution in [0.25, 0.3) is 0 Å². The zero-order valence-corrected chi connectivity index (χ0v) is 15.2. The van der Waals surface area contributed by atoms with Gasteiger partial charge in [-0.3, -0.25) is 4.99 Å². The Kier molecular flexibility index (Phi) is 8.83. The van der Waals surface area contributed by atoms with Crippen LogP contribution in [-0.4, -0.2) is 46.0 Å². The van der Waals surface area contributed by atoms with Gasteiger partial charge >= 0.3 is 0 Å². The fraction of sp³-hybridized carbons (Fsp3) is 0.938. The number of unbranched alkanes of at least 4 members (excludes halogenated alkanes) is 3. The number of rotatable bonds is 9. The van der Waals surface area contributed by atoms with Crippen LogP contribution in [0.2, 0.25) is 0 Å². The first-order chi connectivity index (χ1) is 10.4. The van der Waals surface area contributed by atoms with Crippen LogP contribution in [0.1, 0.15) is 52.4 Å². The SMILES string of the molecule is CN=C(NCCCCCCC(C)C)NCC1CCS(=O)(=O)C1. The van der Waals surface area contributed by atoms with Gasteiger partial charge in [0.05, 0.1) is 11.5 Å². The van der Waals surface area contributed by atoms with Gasteiger partial charge < -0.3 is 10.6 Å². The molecular formula is C16H33N3O2S. The molecule has 0 radical (unpaired) electrons. The molecule has 0 saturated carbocycles. The van der Waals surface area contributed by atoms with Crippen molar-refractivity contribution in [3.05, 3.63) is 0 Å². The lowest BCUT2D eigenvalue weighted by Gasteiger charge is -2.14. The van der Waals surface area contributed by atoms with Crippen molar-refractivity contribution >= 4 is 15.8 Å². The van der Waals surface area contributed by atoms with Gasteiger partial charge in [-0.15, -0.1) is 0 Å². The molecule has 1 aliphatic rings. The Morgan fingerprint density at radius 2 is 1.91 bits per heavy atom. The second kappa shape index (κ2) is 10.1. The van der Waals surface area contributed by atoms with Gasteiger partial charge in [-0.05, 0) is 24.7 Å². The van der Waals surface area contributed by atoms with E-state index in [1.165, 1.54) is 25.7 Å². The molecule has 1 atom stereocenters. The maximum Gasteiger partial charge on any atom is 0.190 e. The third-order valence-corrected chi connectivity index (χ3v) is 5.95. The van der Waals surface area contributed by atoms with E-state index in [2.05, 4.69) is 29.5 Å². The summed E-state index contributed by atoms with van der Waals surface area (Å²) < 4.78 is 22.8. The molecule has 1 aliphatic heterocycles. The van der Waals surface area contributed by atoms with Crippen molar-refractivity contribution in [2.75, 3.05) is 31.6 Å². The molecule has 5 nitrogen and oxygen atoms in total. The quantitative estimate of drug-likeness (QED) is 0.386. The van der Waals surface area contributed by atoms with Crippen LogP contribution in [-0.2, 0) is 9.84 Å². The molecule has 130 valence electrons. The molecule has 0 aromatic heterocycles. The monoisotopic (exact) mass is 331 g/mol. The zero-order valence-electron chi connectivity index (χ0n) is 14.4. The number of nitrogens with one attached hydrogen (secondary N) is 2. The first-order valence-corrected chi connectivity index (χ1v) is 10.4. The van der Waals surface area contributed by atoms with Crippen molar-refractivity contribution in [1.29, 1.82) is 0 Å². The Morgan fingerprint density at radius 1 is 1.18 bits per heavy atom. The molecule has 0 amide bonds. The van der Waals surface area contributed by atoms with Crippen molar-refractivity contribution in [1.82, 2.24) is 10.6 Å². The fourth-order valence-electron chi connectivity index (χ4n) is 2.73. The molecule has 6 heteroatoms. The summed E-state index contributed by atoms with van der Waals surface area (Å²) in [5.74, 6) is 2.46. The Balaban J connectivity index is 2.06. The third-order valence-electron chi connectivity index (χ3n) is 4.11. The second-order valence-corrected chi connectivity index (χ2v) is 8.97. The molecule has 1 rings (SSSR count). The number of sulfone groups is 1. The standard InChI is InChI=1S/C16H33N3O2S/c1-14(2)8-6-4-5-7-10-18-16(17-3)19-12-15-9-11-22(20,21)13-15/h14-15H,4-13H2,1-3H3,(H2,17,18,19). The molecule has 2 N–H and O–H groups in total. The zero-order chi connectivity index (χ0) is 16.4. The van der Waals surface area contributed by atoms with Gasteiger partial charge in [-0.25, -0.2) is 8.42 Å². The molecule has 0 bridgehead atoms. The Bertz CT molecular complexity index is 433. The first kappa shape index (κ1) is 19.3. The minimum atomic E-state index is -2.79. The van der Waals surface area contributed by atoms with Crippen LogP contribution in [0.5, 0.6) is 0 Å². The lowest BCUT2D eigenvalue weighted by Crippen LogP contribution is -2.40. The Morgan fingerprint density at radius 3 is 2.50 bits per heavy atom. The van der Waals surface area contributed by atoms with Gasteiger partial charge in [0.2, 0.25) is 0 Å². The second-order valence-electron chi connectivity index (χ2n) is 6.75. The van der Waals surface area contributed by atoms with E-state index in [1.807, 2.05) is 0 Å². The lowest BCUT2D eigenvalue weighted by molar-refractivity contribution is 0.518. The van der Waals surface area contributed by atoms with Gasteiger partial charge in [0, 0.05) is 20.1 Å². The lowest BCUT2D eigenvalue weighted by atomic mass is 10.0. The summed E-state index contributed by atoms with van der Waals surface area (Å²) in [5.41, 5.74) is 0. The van der Waals surface area contributed by atoms with E-state index >= 15 is 0 Å². The molecule has 0 aromatic rings. The average molecular weight is 332 g/mol. The van der Waals surface area contributed by atoms with E-state index in [1.54, 1.807) is 7.05 Å². The predicted molar refractivity (Wildman–Crippen MR) is 94.0 cm³/mol. The van der Waals surface area contributed by atoms with E-state index in [-0.39, 0.29) is 5.92 Å². The smallest absolute Gasteiger partial charge is 0.190 e. The average Bonchev–Trinajstić information content (AvgIpc) is 2.80. The highest BCUT2D eigenvalue weighted by Crippen LogP contribution is 2.17. The Hall–Kier alpha value is -0.780. The van der Waals surface area contributed by atoms with Crippen LogP contribution >= 0.6 is 0 Å². The van der Waals surface area contributed by atoms with Gasteiger partial charge in [0.15, 0.2) is 15.8 Å². The van der Waals surface area contributed by atoms with Gasteiger partial charge in [-0.1, -0.05) is 39.5 Å². The summed E-state index contributed by atoms with van der Waals surface area (Å²) >= 11 is 0. The molecular weight excluding hydrogens is 298 g/mol. The molecule has 0 aliphatic carbocycles. The minimum Gasteiger partial charge on any atom is -0.356 e. The molecule has 1 heterocycles. The molecule has 0 spiro atoms. The number of hydrogen-bond donors (Lipinski definition) is 2. The predicted octanol–water partition coefficient (Wildman–Crippen LogP) is 2.19. The van der Waals surface area contributed by atoms with E-state index in [9.17, 15) is 8.42 Å². The van der Waals surface area contributed by atoms with Crippen molar-refractivity contribution in [3.63, 3.8) is 0 Å². The van der Waals surface area contributed by atoms with E-state index in [0.29, 0.717) is 18.1 Å². The molecule has 1 saturated heterocycles. The van der Waals surface area contributed by atoms with E-state index in [4.69, 9.17) is 0 Å². The summed E-state index contributed by atoms with van der Waals surface area (Å²) in [7, 11) is -1.03. The summed E-state index contributed by atoms with van der Waals surface area (Å²) in [6, 6.07) is 0. The van der Waals surface area contributed by atoms with E-state index in [0.717, 1.165) is 31.3 Å². The van der Waals surface area contributed by atoms with Gasteiger partial charge in [0.1, 0.15) is 0 Å². The molecule has 22 heavy (non-hydrogen) atoms. The van der Waals surface area contributed by atoms with Crippen LogP contribution in [0.4, 0.5) is 0 Å². The minimum absolute atomic E-state index is 0.222. The van der Waals surface area contributed by atoms with Gasteiger partial charge in [-0.2, -0.15) is 0 Å². The van der Waals surface area contributed by atoms with Crippen molar-refractivity contribution < 1.29 is 8.42 Å². The number of nitrogens with zero attached hydrogens (tertiary/aromatic N) is 1. The fourth-order valence-corrected chi connectivity index (χ4v) is 4.59. The highest BCUT2D eigenvalue weighted by molar-refractivity contribution is 7.91. The molecule has 1 unspecified atom stereocenters. The maximum absolute atomic E-state index is 11.4.